The Hall–Kier alpha value is -1.58. The van der Waals surface area contributed by atoms with Crippen molar-refractivity contribution in [2.45, 2.75) is 26.4 Å². The van der Waals surface area contributed by atoms with Gasteiger partial charge in [-0.15, -0.1) is 4.84 Å². The molecule has 0 unspecified atom stereocenters. The van der Waals surface area contributed by atoms with Gasteiger partial charge in [-0.3, -0.25) is 0 Å². The number of carbonyl (C=O) groups excluding carboxylic acids is 1. The lowest BCUT2D eigenvalue weighted by Gasteiger charge is -2.16. The van der Waals surface area contributed by atoms with E-state index in [0.29, 0.717) is 0 Å². The van der Waals surface area contributed by atoms with E-state index >= 15 is 0 Å². The molecule has 76 valence electrons. The van der Waals surface area contributed by atoms with Crippen LogP contribution in [0.5, 0.6) is 0 Å². The average molecular weight is 196 g/mol. The highest BCUT2D eigenvalue weighted by molar-refractivity contribution is 5.59. The maximum Gasteiger partial charge on any atom is 0.572 e. The first-order chi connectivity index (χ1) is 6.47. The van der Waals surface area contributed by atoms with Crippen LogP contribution in [0.15, 0.2) is 30.6 Å². The van der Waals surface area contributed by atoms with Crippen molar-refractivity contribution >= 4 is 6.16 Å². The summed E-state index contributed by atoms with van der Waals surface area (Å²) >= 11 is 0. The summed E-state index contributed by atoms with van der Waals surface area (Å²) in [7, 11) is 0. The molecule has 0 fully saturated rings. The molecule has 0 bridgehead atoms. The third-order valence-corrected chi connectivity index (χ3v) is 1.26. The molecule has 0 aromatic carbocycles. The zero-order valence-electron chi connectivity index (χ0n) is 8.56. The van der Waals surface area contributed by atoms with Crippen LogP contribution in [0.25, 0.3) is 0 Å². The number of pyridine rings is 1. The molecule has 1 aromatic heterocycles. The average Bonchev–Trinajstić information content (AvgIpc) is 2.02. The summed E-state index contributed by atoms with van der Waals surface area (Å²) in [5.41, 5.74) is -0.535. The van der Waals surface area contributed by atoms with E-state index in [4.69, 9.17) is 9.57 Å². The number of hydrogen-bond acceptors (Lipinski definition) is 3. The molecule has 0 N–H and O–H groups in total. The van der Waals surface area contributed by atoms with E-state index in [-0.39, 0.29) is 0 Å². The summed E-state index contributed by atoms with van der Waals surface area (Å²) < 4.78 is 6.25. The van der Waals surface area contributed by atoms with Gasteiger partial charge in [-0.25, -0.2) is 0 Å². The van der Waals surface area contributed by atoms with Gasteiger partial charge in [0.2, 0.25) is 12.4 Å². The molecule has 0 aliphatic carbocycles. The monoisotopic (exact) mass is 196 g/mol. The van der Waals surface area contributed by atoms with E-state index in [1.165, 1.54) is 4.73 Å². The fraction of sp³-hybridized carbons (Fsp3) is 0.400. The summed E-state index contributed by atoms with van der Waals surface area (Å²) in [5.74, 6) is 0. The van der Waals surface area contributed by atoms with Gasteiger partial charge in [-0.05, 0) is 20.8 Å². The Labute approximate surface area is 83.0 Å². The summed E-state index contributed by atoms with van der Waals surface area (Å²) in [6.45, 7) is 5.35. The van der Waals surface area contributed by atoms with E-state index < -0.39 is 11.8 Å². The fourth-order valence-electron chi connectivity index (χ4n) is 0.798. The molecule has 1 aromatic rings. The normalized spacial score (nSPS) is 10.8. The van der Waals surface area contributed by atoms with E-state index in [1.807, 2.05) is 6.07 Å². The highest BCUT2D eigenvalue weighted by Crippen LogP contribution is 2.06. The van der Waals surface area contributed by atoms with Crippen LogP contribution in [0, 0.1) is 0 Å². The van der Waals surface area contributed by atoms with Gasteiger partial charge in [0.1, 0.15) is 5.60 Å². The molecule has 4 nitrogen and oxygen atoms in total. The van der Waals surface area contributed by atoms with Crippen molar-refractivity contribution in [3.8, 4) is 0 Å². The second kappa shape index (κ2) is 4.09. The summed E-state index contributed by atoms with van der Waals surface area (Å²) in [4.78, 5) is 16.0. The van der Waals surface area contributed by atoms with Gasteiger partial charge in [0, 0.05) is 16.9 Å². The highest BCUT2D eigenvalue weighted by atomic mass is 16.8. The van der Waals surface area contributed by atoms with Gasteiger partial charge in [-0.1, -0.05) is 6.07 Å². The second-order valence-electron chi connectivity index (χ2n) is 3.79. The minimum atomic E-state index is -0.714. The molecule has 0 saturated heterocycles. The zero-order chi connectivity index (χ0) is 10.6. The summed E-state index contributed by atoms with van der Waals surface area (Å²) in [6, 6.07) is 5.34. The molecular formula is C10H14NO3+. The van der Waals surface area contributed by atoms with Crippen LogP contribution in [0.1, 0.15) is 20.8 Å². The molecule has 1 heterocycles. The largest absolute Gasteiger partial charge is 0.572 e. The van der Waals surface area contributed by atoms with Gasteiger partial charge in [0.15, 0.2) is 0 Å². The van der Waals surface area contributed by atoms with Crippen LogP contribution in [0.2, 0.25) is 0 Å². The second-order valence-corrected chi connectivity index (χ2v) is 3.79. The standard InChI is InChI=1S/C10H14NO3/c1-10(2,3)13-9(12)14-11-7-5-4-6-8-11/h4-8H,1-3H3/q+1. The van der Waals surface area contributed by atoms with E-state index in [1.54, 1.807) is 45.3 Å². The van der Waals surface area contributed by atoms with Crippen molar-refractivity contribution in [1.82, 2.24) is 0 Å². The molecule has 0 atom stereocenters. The molecule has 0 saturated carbocycles. The van der Waals surface area contributed by atoms with Gasteiger partial charge < -0.3 is 4.74 Å². The Morgan fingerprint density at radius 3 is 2.21 bits per heavy atom. The molecule has 0 amide bonds. The predicted octanol–water partition coefficient (Wildman–Crippen LogP) is 1.34. The van der Waals surface area contributed by atoms with Crippen molar-refractivity contribution in [2.75, 3.05) is 0 Å². The van der Waals surface area contributed by atoms with Crippen LogP contribution >= 0.6 is 0 Å². The molecule has 0 radical (unpaired) electrons. The highest BCUT2D eigenvalue weighted by Gasteiger charge is 2.20. The fourth-order valence-corrected chi connectivity index (χ4v) is 0.798. The van der Waals surface area contributed by atoms with Crippen molar-refractivity contribution in [1.29, 1.82) is 0 Å². The summed E-state index contributed by atoms with van der Waals surface area (Å²) in [6.07, 6.45) is 2.52. The number of aromatic nitrogens is 1. The van der Waals surface area contributed by atoms with Crippen molar-refractivity contribution in [3.63, 3.8) is 0 Å². The molecule has 0 aliphatic rings. The SMILES string of the molecule is CC(C)(C)OC(=O)O[n+]1ccccc1. The smallest absolute Gasteiger partial charge is 0.425 e. The number of carbonyl (C=O) groups is 1. The van der Waals surface area contributed by atoms with Gasteiger partial charge in [0.25, 0.3) is 0 Å². The Kier molecular flexibility index (Phi) is 3.06. The van der Waals surface area contributed by atoms with Crippen molar-refractivity contribution in [3.05, 3.63) is 30.6 Å². The van der Waals surface area contributed by atoms with Gasteiger partial charge in [-0.2, -0.15) is 4.79 Å². The van der Waals surface area contributed by atoms with E-state index in [0.717, 1.165) is 0 Å². The first-order valence-corrected chi connectivity index (χ1v) is 4.35. The molecule has 14 heavy (non-hydrogen) atoms. The van der Waals surface area contributed by atoms with Gasteiger partial charge in [0.05, 0.1) is 0 Å². The minimum absolute atomic E-state index is 0.535. The number of ether oxygens (including phenoxy) is 1. The van der Waals surface area contributed by atoms with Crippen LogP contribution in [0.3, 0.4) is 0 Å². The molecule has 0 aliphatic heterocycles. The maximum atomic E-state index is 11.2. The molecule has 0 spiro atoms. The Morgan fingerprint density at radius 2 is 1.71 bits per heavy atom. The first-order valence-electron chi connectivity index (χ1n) is 4.35. The third-order valence-electron chi connectivity index (χ3n) is 1.26. The van der Waals surface area contributed by atoms with E-state index in [9.17, 15) is 4.79 Å². The van der Waals surface area contributed by atoms with Crippen molar-refractivity contribution in [2.24, 2.45) is 0 Å². The molecule has 4 heteroatoms. The quantitative estimate of drug-likeness (QED) is 0.502. The minimum Gasteiger partial charge on any atom is -0.425 e. The first kappa shape index (κ1) is 10.5. The Morgan fingerprint density at radius 1 is 1.14 bits per heavy atom. The maximum absolute atomic E-state index is 11.2. The lowest BCUT2D eigenvalue weighted by atomic mass is 10.2. The Balaban J connectivity index is 2.50. The number of nitrogens with zero attached hydrogens (tertiary/aromatic N) is 1. The van der Waals surface area contributed by atoms with Crippen LogP contribution < -0.4 is 9.57 Å². The third kappa shape index (κ3) is 3.89. The summed E-state index contributed by atoms with van der Waals surface area (Å²) in [5, 5.41) is 0. The molecule has 1 rings (SSSR count). The predicted molar refractivity (Wildman–Crippen MR) is 49.5 cm³/mol. The molecular weight excluding hydrogens is 182 g/mol. The number of hydrogen-bond donors (Lipinski definition) is 0. The van der Waals surface area contributed by atoms with Crippen LogP contribution in [0.4, 0.5) is 4.79 Å². The lowest BCUT2D eigenvalue weighted by molar-refractivity contribution is -0.870. The number of rotatable bonds is 1. The topological polar surface area (TPSA) is 39.4 Å². The Bertz CT molecular complexity index is 303. The van der Waals surface area contributed by atoms with Crippen molar-refractivity contribution < 1.29 is 19.1 Å². The van der Waals surface area contributed by atoms with Gasteiger partial charge >= 0.3 is 6.16 Å². The van der Waals surface area contributed by atoms with Crippen LogP contribution in [-0.2, 0) is 4.74 Å². The zero-order valence-corrected chi connectivity index (χ0v) is 8.56. The van der Waals surface area contributed by atoms with E-state index in [2.05, 4.69) is 0 Å². The lowest BCUT2D eigenvalue weighted by Crippen LogP contribution is -2.46. The van der Waals surface area contributed by atoms with Crippen LogP contribution in [-0.4, -0.2) is 11.8 Å².